The smallest absolute Gasteiger partial charge is 0.407 e. The van der Waals surface area contributed by atoms with E-state index in [4.69, 9.17) is 10.5 Å². The number of carbonyl (C=O) groups excluding carboxylic acids is 1. The van der Waals surface area contributed by atoms with Gasteiger partial charge in [0.1, 0.15) is 5.60 Å². The molecule has 0 unspecified atom stereocenters. The Hall–Kier alpha value is -1.55. The molecule has 0 aliphatic rings. The summed E-state index contributed by atoms with van der Waals surface area (Å²) < 4.78 is 5.20. The Kier molecular flexibility index (Phi) is 5.17. The van der Waals surface area contributed by atoms with Crippen LogP contribution in [0.3, 0.4) is 0 Å². The maximum absolute atomic E-state index is 11.6. The Morgan fingerprint density at radius 2 is 1.80 bits per heavy atom. The van der Waals surface area contributed by atoms with Crippen LogP contribution >= 0.6 is 0 Å². The molecule has 112 valence electrons. The van der Waals surface area contributed by atoms with Crippen molar-refractivity contribution in [1.29, 1.82) is 0 Å². The second-order valence-corrected chi connectivity index (χ2v) is 6.84. The van der Waals surface area contributed by atoms with E-state index in [1.165, 1.54) is 5.56 Å². The minimum atomic E-state index is -0.477. The second-order valence-electron chi connectivity index (χ2n) is 6.84. The number of ether oxygens (including phenoxy) is 1. The van der Waals surface area contributed by atoms with Gasteiger partial charge < -0.3 is 15.8 Å². The fraction of sp³-hybridized carbons (Fsp3) is 0.562. The molecule has 1 aromatic carbocycles. The zero-order valence-electron chi connectivity index (χ0n) is 13.1. The van der Waals surface area contributed by atoms with Crippen molar-refractivity contribution in [3.8, 4) is 0 Å². The van der Waals surface area contributed by atoms with Crippen molar-refractivity contribution in [1.82, 2.24) is 5.32 Å². The van der Waals surface area contributed by atoms with Crippen LogP contribution in [0.2, 0.25) is 0 Å². The monoisotopic (exact) mass is 278 g/mol. The lowest BCUT2D eigenvalue weighted by Crippen LogP contribution is -2.34. The Morgan fingerprint density at radius 3 is 2.35 bits per heavy atom. The SMILES string of the molecule is CC(C)(N)Cc1cccc(CNC(=O)OC(C)(C)C)c1. The molecule has 0 saturated heterocycles. The van der Waals surface area contributed by atoms with Crippen LogP contribution in [0.1, 0.15) is 45.7 Å². The van der Waals surface area contributed by atoms with Gasteiger partial charge in [-0.25, -0.2) is 4.79 Å². The van der Waals surface area contributed by atoms with Gasteiger partial charge in [-0.3, -0.25) is 0 Å². The fourth-order valence-corrected chi connectivity index (χ4v) is 1.86. The predicted molar refractivity (Wildman–Crippen MR) is 81.5 cm³/mol. The summed E-state index contributed by atoms with van der Waals surface area (Å²) in [6.45, 7) is 9.98. The third-order valence-corrected chi connectivity index (χ3v) is 2.49. The first-order valence-electron chi connectivity index (χ1n) is 6.89. The van der Waals surface area contributed by atoms with E-state index in [2.05, 4.69) is 11.4 Å². The van der Waals surface area contributed by atoms with Crippen LogP contribution in [0.5, 0.6) is 0 Å². The maximum atomic E-state index is 11.6. The summed E-state index contributed by atoms with van der Waals surface area (Å²) in [4.78, 5) is 11.6. The summed E-state index contributed by atoms with van der Waals surface area (Å²) in [5.74, 6) is 0. The molecule has 0 fully saturated rings. The van der Waals surface area contributed by atoms with Gasteiger partial charge in [-0.2, -0.15) is 0 Å². The van der Waals surface area contributed by atoms with Crippen LogP contribution in [0.4, 0.5) is 4.79 Å². The highest BCUT2D eigenvalue weighted by Crippen LogP contribution is 2.12. The van der Waals surface area contributed by atoms with Crippen molar-refractivity contribution in [3.05, 3.63) is 35.4 Å². The van der Waals surface area contributed by atoms with Crippen LogP contribution in [0, 0.1) is 0 Å². The number of hydrogen-bond donors (Lipinski definition) is 2. The molecule has 4 heteroatoms. The van der Waals surface area contributed by atoms with Gasteiger partial charge >= 0.3 is 6.09 Å². The first-order valence-corrected chi connectivity index (χ1v) is 6.89. The second kappa shape index (κ2) is 6.27. The quantitative estimate of drug-likeness (QED) is 0.890. The molecule has 0 aliphatic carbocycles. The number of carbonyl (C=O) groups is 1. The maximum Gasteiger partial charge on any atom is 0.407 e. The average Bonchev–Trinajstić information content (AvgIpc) is 2.22. The molecule has 1 rings (SSSR count). The highest BCUT2D eigenvalue weighted by molar-refractivity contribution is 5.67. The minimum Gasteiger partial charge on any atom is -0.444 e. The Balaban J connectivity index is 2.57. The van der Waals surface area contributed by atoms with Crippen LogP contribution in [0.15, 0.2) is 24.3 Å². The van der Waals surface area contributed by atoms with Gasteiger partial charge in [0, 0.05) is 12.1 Å². The standard InChI is InChI=1S/C16H26N2O2/c1-15(2,3)20-14(19)18-11-13-8-6-7-12(9-13)10-16(4,5)17/h6-9H,10-11,17H2,1-5H3,(H,18,19). The van der Waals surface area contributed by atoms with Gasteiger partial charge in [-0.1, -0.05) is 24.3 Å². The van der Waals surface area contributed by atoms with Gasteiger partial charge in [-0.05, 0) is 52.2 Å². The molecular weight excluding hydrogens is 252 g/mol. The number of nitrogens with two attached hydrogens (primary N) is 1. The lowest BCUT2D eigenvalue weighted by atomic mass is 9.95. The molecule has 0 spiro atoms. The molecule has 20 heavy (non-hydrogen) atoms. The molecule has 0 aliphatic heterocycles. The predicted octanol–water partition coefficient (Wildman–Crippen LogP) is 2.99. The third-order valence-electron chi connectivity index (χ3n) is 2.49. The lowest BCUT2D eigenvalue weighted by Gasteiger charge is -2.20. The van der Waals surface area contributed by atoms with Crippen molar-refractivity contribution in [3.63, 3.8) is 0 Å². The number of amides is 1. The molecule has 1 aromatic rings. The summed E-state index contributed by atoms with van der Waals surface area (Å²) in [5, 5.41) is 2.75. The van der Waals surface area contributed by atoms with E-state index in [0.29, 0.717) is 6.54 Å². The van der Waals surface area contributed by atoms with Crippen molar-refractivity contribution in [2.45, 2.75) is 58.7 Å². The fourth-order valence-electron chi connectivity index (χ4n) is 1.86. The normalized spacial score (nSPS) is 12.1. The van der Waals surface area contributed by atoms with Gasteiger partial charge in [-0.15, -0.1) is 0 Å². The molecule has 0 aromatic heterocycles. The first-order chi connectivity index (χ1) is 9.05. The van der Waals surface area contributed by atoms with E-state index < -0.39 is 11.7 Å². The minimum absolute atomic E-state index is 0.239. The molecule has 0 radical (unpaired) electrons. The molecule has 0 heterocycles. The number of alkyl carbamates (subject to hydrolysis) is 1. The summed E-state index contributed by atoms with van der Waals surface area (Å²) in [5.41, 5.74) is 7.51. The average molecular weight is 278 g/mol. The zero-order chi connectivity index (χ0) is 15.4. The van der Waals surface area contributed by atoms with Crippen LogP contribution in [-0.4, -0.2) is 17.2 Å². The molecular formula is C16H26N2O2. The number of hydrogen-bond acceptors (Lipinski definition) is 3. The molecule has 1 amide bonds. The lowest BCUT2D eigenvalue weighted by molar-refractivity contribution is 0.0523. The first kappa shape index (κ1) is 16.5. The molecule has 4 nitrogen and oxygen atoms in total. The van der Waals surface area contributed by atoms with Crippen molar-refractivity contribution in [2.24, 2.45) is 5.73 Å². The van der Waals surface area contributed by atoms with Crippen molar-refractivity contribution >= 4 is 6.09 Å². The van der Waals surface area contributed by atoms with Gasteiger partial charge in [0.05, 0.1) is 0 Å². The van der Waals surface area contributed by atoms with Crippen molar-refractivity contribution < 1.29 is 9.53 Å². The largest absolute Gasteiger partial charge is 0.444 e. The highest BCUT2D eigenvalue weighted by Gasteiger charge is 2.16. The number of nitrogens with one attached hydrogen (secondary N) is 1. The third kappa shape index (κ3) is 7.14. The van der Waals surface area contributed by atoms with Gasteiger partial charge in [0.2, 0.25) is 0 Å². The Bertz CT molecular complexity index is 456. The van der Waals surface area contributed by atoms with Gasteiger partial charge in [0.15, 0.2) is 0 Å². The van der Waals surface area contributed by atoms with E-state index in [9.17, 15) is 4.79 Å². The van der Waals surface area contributed by atoms with Crippen LogP contribution < -0.4 is 11.1 Å². The Labute approximate surface area is 121 Å². The number of benzene rings is 1. The Morgan fingerprint density at radius 1 is 1.20 bits per heavy atom. The van der Waals surface area contributed by atoms with Crippen LogP contribution in [-0.2, 0) is 17.7 Å². The highest BCUT2D eigenvalue weighted by atomic mass is 16.6. The topological polar surface area (TPSA) is 64.3 Å². The summed E-state index contributed by atoms with van der Waals surface area (Å²) in [7, 11) is 0. The van der Waals surface area contributed by atoms with E-state index in [1.807, 2.05) is 52.8 Å². The molecule has 0 atom stereocenters. The molecule has 0 bridgehead atoms. The molecule has 0 saturated carbocycles. The zero-order valence-corrected chi connectivity index (χ0v) is 13.1. The van der Waals surface area contributed by atoms with E-state index in [1.54, 1.807) is 0 Å². The van der Waals surface area contributed by atoms with E-state index in [-0.39, 0.29) is 5.54 Å². The van der Waals surface area contributed by atoms with E-state index in [0.717, 1.165) is 12.0 Å². The van der Waals surface area contributed by atoms with Crippen molar-refractivity contribution in [2.75, 3.05) is 0 Å². The summed E-state index contributed by atoms with van der Waals surface area (Å²) >= 11 is 0. The van der Waals surface area contributed by atoms with E-state index >= 15 is 0 Å². The summed E-state index contributed by atoms with van der Waals surface area (Å²) in [6, 6.07) is 8.06. The van der Waals surface area contributed by atoms with Gasteiger partial charge in [0.25, 0.3) is 0 Å². The number of rotatable bonds is 4. The van der Waals surface area contributed by atoms with Crippen LogP contribution in [0.25, 0.3) is 0 Å². The molecule has 3 N–H and O–H groups in total. The summed E-state index contributed by atoms with van der Waals surface area (Å²) in [6.07, 6.45) is 0.398.